The Morgan fingerprint density at radius 2 is 2.10 bits per heavy atom. The molecule has 0 fully saturated rings. The molecule has 2 heterocycles. The standard InChI is InChI=1S/C15H16IN3O2/c1-11-14(16)13-9-18(7-8-19(13)17-11)15(20)21-10-12-5-3-2-4-6-12/h2-6H,7-10H2,1H3. The maximum absolute atomic E-state index is 12.2. The van der Waals surface area contributed by atoms with Crippen molar-refractivity contribution in [3.05, 3.63) is 50.9 Å². The second kappa shape index (κ2) is 6.05. The summed E-state index contributed by atoms with van der Waals surface area (Å²) in [5.41, 5.74) is 3.11. The Hall–Kier alpha value is -1.57. The molecule has 0 unspecified atom stereocenters. The third-order valence-corrected chi connectivity index (χ3v) is 4.94. The van der Waals surface area contributed by atoms with Gasteiger partial charge in [0.2, 0.25) is 0 Å². The molecule has 1 aliphatic rings. The summed E-state index contributed by atoms with van der Waals surface area (Å²) in [7, 11) is 0. The first-order valence-corrected chi connectivity index (χ1v) is 7.90. The van der Waals surface area contributed by atoms with Crippen molar-refractivity contribution in [2.45, 2.75) is 26.6 Å². The number of aromatic nitrogens is 2. The fourth-order valence-corrected chi connectivity index (χ4v) is 2.94. The lowest BCUT2D eigenvalue weighted by atomic mass is 10.2. The Morgan fingerprint density at radius 1 is 1.33 bits per heavy atom. The van der Waals surface area contributed by atoms with Crippen LogP contribution in [0.25, 0.3) is 0 Å². The first-order chi connectivity index (χ1) is 10.1. The first-order valence-electron chi connectivity index (χ1n) is 6.82. The van der Waals surface area contributed by atoms with Crippen molar-refractivity contribution in [1.29, 1.82) is 0 Å². The Bertz CT molecular complexity index is 654. The molecule has 0 bridgehead atoms. The van der Waals surface area contributed by atoms with Gasteiger partial charge in [0.1, 0.15) is 6.61 Å². The number of hydrogen-bond donors (Lipinski definition) is 0. The second-order valence-corrected chi connectivity index (χ2v) is 6.11. The van der Waals surface area contributed by atoms with E-state index in [9.17, 15) is 4.79 Å². The van der Waals surface area contributed by atoms with Crippen LogP contribution in [0.3, 0.4) is 0 Å². The van der Waals surface area contributed by atoms with E-state index in [-0.39, 0.29) is 6.09 Å². The minimum Gasteiger partial charge on any atom is -0.445 e. The van der Waals surface area contributed by atoms with E-state index in [0.717, 1.165) is 27.1 Å². The number of aryl methyl sites for hydroxylation is 1. The van der Waals surface area contributed by atoms with Crippen LogP contribution in [0.15, 0.2) is 30.3 Å². The number of carbonyl (C=O) groups is 1. The summed E-state index contributed by atoms with van der Waals surface area (Å²) in [5, 5.41) is 4.47. The fraction of sp³-hybridized carbons (Fsp3) is 0.333. The van der Waals surface area contributed by atoms with Crippen molar-refractivity contribution in [2.24, 2.45) is 0 Å². The Morgan fingerprint density at radius 3 is 2.86 bits per heavy atom. The highest BCUT2D eigenvalue weighted by molar-refractivity contribution is 14.1. The van der Waals surface area contributed by atoms with Gasteiger partial charge in [-0.05, 0) is 35.1 Å². The van der Waals surface area contributed by atoms with E-state index in [1.807, 2.05) is 41.9 Å². The normalized spacial score (nSPS) is 13.9. The molecule has 0 spiro atoms. The number of benzene rings is 1. The molecular weight excluding hydrogens is 381 g/mol. The topological polar surface area (TPSA) is 47.4 Å². The smallest absolute Gasteiger partial charge is 0.410 e. The van der Waals surface area contributed by atoms with Crippen LogP contribution in [0.5, 0.6) is 0 Å². The SMILES string of the molecule is Cc1nn2c(c1I)CN(C(=O)OCc1ccccc1)CC2. The van der Waals surface area contributed by atoms with Gasteiger partial charge in [0.25, 0.3) is 0 Å². The van der Waals surface area contributed by atoms with Gasteiger partial charge in [0.15, 0.2) is 0 Å². The van der Waals surface area contributed by atoms with Gasteiger partial charge in [-0.2, -0.15) is 5.10 Å². The van der Waals surface area contributed by atoms with E-state index >= 15 is 0 Å². The highest BCUT2D eigenvalue weighted by Crippen LogP contribution is 2.22. The van der Waals surface area contributed by atoms with E-state index in [4.69, 9.17) is 4.74 Å². The molecule has 2 aromatic rings. The maximum Gasteiger partial charge on any atom is 0.410 e. The molecule has 1 aromatic carbocycles. The third-order valence-electron chi connectivity index (χ3n) is 3.54. The van der Waals surface area contributed by atoms with Gasteiger partial charge in [-0.1, -0.05) is 30.3 Å². The molecule has 3 rings (SSSR count). The molecule has 1 amide bonds. The van der Waals surface area contributed by atoms with Crippen LogP contribution in [0.1, 0.15) is 17.0 Å². The van der Waals surface area contributed by atoms with Crippen LogP contribution in [-0.4, -0.2) is 27.3 Å². The molecule has 0 aliphatic carbocycles. The van der Waals surface area contributed by atoms with Crippen molar-refractivity contribution < 1.29 is 9.53 Å². The van der Waals surface area contributed by atoms with Crippen LogP contribution in [-0.2, 0) is 24.4 Å². The lowest BCUT2D eigenvalue weighted by molar-refractivity contribution is 0.0857. The third kappa shape index (κ3) is 3.04. The van der Waals surface area contributed by atoms with Crippen LogP contribution in [0, 0.1) is 10.5 Å². The number of fused-ring (bicyclic) bond motifs is 1. The average Bonchev–Trinajstić information content (AvgIpc) is 2.80. The summed E-state index contributed by atoms with van der Waals surface area (Å²) in [6.07, 6.45) is -0.264. The van der Waals surface area contributed by atoms with Crippen LogP contribution in [0.2, 0.25) is 0 Å². The molecule has 0 radical (unpaired) electrons. The monoisotopic (exact) mass is 397 g/mol. The molecule has 0 saturated heterocycles. The Kier molecular flexibility index (Phi) is 4.14. The number of ether oxygens (including phenoxy) is 1. The summed E-state index contributed by atoms with van der Waals surface area (Å²) in [5.74, 6) is 0. The minimum absolute atomic E-state index is 0.264. The molecule has 6 heteroatoms. The molecular formula is C15H16IN3O2. The number of nitrogens with zero attached hydrogens (tertiary/aromatic N) is 3. The molecule has 0 atom stereocenters. The quantitative estimate of drug-likeness (QED) is 0.733. The minimum atomic E-state index is -0.264. The lowest BCUT2D eigenvalue weighted by Crippen LogP contribution is -2.39. The van der Waals surface area contributed by atoms with Crippen molar-refractivity contribution in [3.8, 4) is 0 Å². The second-order valence-electron chi connectivity index (χ2n) is 5.03. The summed E-state index contributed by atoms with van der Waals surface area (Å²) in [6, 6.07) is 9.72. The van der Waals surface area contributed by atoms with Gasteiger partial charge in [0, 0.05) is 6.54 Å². The molecule has 0 N–H and O–H groups in total. The van der Waals surface area contributed by atoms with Gasteiger partial charge in [0.05, 0.1) is 28.0 Å². The van der Waals surface area contributed by atoms with E-state index in [0.29, 0.717) is 19.7 Å². The summed E-state index contributed by atoms with van der Waals surface area (Å²) >= 11 is 2.28. The molecule has 21 heavy (non-hydrogen) atoms. The van der Waals surface area contributed by atoms with E-state index in [1.165, 1.54) is 0 Å². The van der Waals surface area contributed by atoms with Crippen LogP contribution < -0.4 is 0 Å². The van der Waals surface area contributed by atoms with Crippen molar-refractivity contribution in [1.82, 2.24) is 14.7 Å². The Balaban J connectivity index is 1.63. The summed E-state index contributed by atoms with van der Waals surface area (Å²) in [6.45, 7) is 4.22. The molecule has 5 nitrogen and oxygen atoms in total. The number of halogens is 1. The largest absolute Gasteiger partial charge is 0.445 e. The molecule has 110 valence electrons. The average molecular weight is 397 g/mol. The number of rotatable bonds is 2. The predicted octanol–water partition coefficient (Wildman–Crippen LogP) is 2.95. The van der Waals surface area contributed by atoms with Gasteiger partial charge in [-0.25, -0.2) is 4.79 Å². The van der Waals surface area contributed by atoms with Crippen LogP contribution in [0.4, 0.5) is 4.79 Å². The molecule has 0 saturated carbocycles. The fourth-order valence-electron chi connectivity index (χ4n) is 2.39. The highest BCUT2D eigenvalue weighted by atomic mass is 127. The summed E-state index contributed by atoms with van der Waals surface area (Å²) < 4.78 is 8.50. The van der Waals surface area contributed by atoms with Gasteiger partial charge >= 0.3 is 6.09 Å². The maximum atomic E-state index is 12.2. The van der Waals surface area contributed by atoms with Gasteiger partial charge < -0.3 is 9.64 Å². The van der Waals surface area contributed by atoms with E-state index in [2.05, 4.69) is 27.7 Å². The number of hydrogen-bond acceptors (Lipinski definition) is 3. The zero-order chi connectivity index (χ0) is 14.8. The van der Waals surface area contributed by atoms with Gasteiger partial charge in [-0.3, -0.25) is 4.68 Å². The van der Waals surface area contributed by atoms with Gasteiger partial charge in [-0.15, -0.1) is 0 Å². The summed E-state index contributed by atoms with van der Waals surface area (Å²) in [4.78, 5) is 13.9. The van der Waals surface area contributed by atoms with Crippen molar-refractivity contribution in [2.75, 3.05) is 6.54 Å². The highest BCUT2D eigenvalue weighted by Gasteiger charge is 2.25. The number of carbonyl (C=O) groups excluding carboxylic acids is 1. The van der Waals surface area contributed by atoms with E-state index < -0.39 is 0 Å². The molecule has 1 aliphatic heterocycles. The predicted molar refractivity (Wildman–Crippen MR) is 86.7 cm³/mol. The molecule has 1 aromatic heterocycles. The van der Waals surface area contributed by atoms with Crippen molar-refractivity contribution in [3.63, 3.8) is 0 Å². The lowest BCUT2D eigenvalue weighted by Gasteiger charge is -2.27. The zero-order valence-corrected chi connectivity index (χ0v) is 13.9. The zero-order valence-electron chi connectivity index (χ0n) is 11.8. The first kappa shape index (κ1) is 14.4. The van der Waals surface area contributed by atoms with E-state index in [1.54, 1.807) is 4.90 Å². The Labute approximate surface area is 137 Å². The van der Waals surface area contributed by atoms with Crippen LogP contribution >= 0.6 is 22.6 Å². The van der Waals surface area contributed by atoms with Crippen molar-refractivity contribution >= 4 is 28.7 Å². The number of amides is 1.